The molecule has 2 aliphatic rings. The quantitative estimate of drug-likeness (QED) is 0.680. The van der Waals surface area contributed by atoms with E-state index in [-0.39, 0.29) is 23.3 Å². The van der Waals surface area contributed by atoms with E-state index < -0.39 is 23.6 Å². The summed E-state index contributed by atoms with van der Waals surface area (Å²) in [5.74, 6) is 0. The van der Waals surface area contributed by atoms with Gasteiger partial charge in [0.05, 0.1) is 11.1 Å². The number of aliphatic hydroxyl groups excluding tert-OH is 1. The third-order valence-electron chi connectivity index (χ3n) is 2.90. The summed E-state index contributed by atoms with van der Waals surface area (Å²) in [5.41, 5.74) is -1.05. The maximum absolute atomic E-state index is 11.6. The maximum atomic E-state index is 11.6. The summed E-state index contributed by atoms with van der Waals surface area (Å²) < 4.78 is 12.3. The molecule has 92 valence electrons. The zero-order valence-electron chi connectivity index (χ0n) is 8.50. The van der Waals surface area contributed by atoms with Gasteiger partial charge < -0.3 is 14.6 Å². The van der Waals surface area contributed by atoms with Gasteiger partial charge in [-0.1, -0.05) is 0 Å². The zero-order chi connectivity index (χ0) is 12.2. The summed E-state index contributed by atoms with van der Waals surface area (Å²) in [6, 6.07) is 0. The van der Waals surface area contributed by atoms with Gasteiger partial charge in [-0.15, -0.1) is 0 Å². The second-order valence-corrected chi connectivity index (χ2v) is 4.81. The Morgan fingerprint density at radius 3 is 2.82 bits per heavy atom. The number of halogens is 1. The van der Waals surface area contributed by atoms with E-state index in [2.05, 4.69) is 20.9 Å². The predicted molar refractivity (Wildman–Crippen MR) is 58.7 cm³/mol. The van der Waals surface area contributed by atoms with E-state index in [9.17, 15) is 9.59 Å². The molecule has 1 aromatic heterocycles. The molecule has 2 fully saturated rings. The Hall–Kier alpha value is -0.960. The third kappa shape index (κ3) is 1.68. The fourth-order valence-corrected chi connectivity index (χ4v) is 2.34. The number of fused-ring (bicyclic) bond motifs is 1. The molecule has 2 aliphatic heterocycles. The number of nitrogens with one attached hydrogen (secondary N) is 1. The first-order chi connectivity index (χ1) is 8.11. The van der Waals surface area contributed by atoms with Gasteiger partial charge in [0.25, 0.3) is 5.56 Å². The molecule has 1 unspecified atom stereocenters. The SMILES string of the molecule is O=c1[nH]c(=O)n([C@@H]2O[C@H](CO)[C@H]3OC23)cc1Br. The second kappa shape index (κ2) is 3.77. The second-order valence-electron chi connectivity index (χ2n) is 3.96. The molecule has 0 spiro atoms. The van der Waals surface area contributed by atoms with E-state index in [0.717, 1.165) is 0 Å². The summed E-state index contributed by atoms with van der Waals surface area (Å²) in [6.45, 7) is -0.156. The van der Waals surface area contributed by atoms with Crippen molar-refractivity contribution >= 4 is 15.9 Å². The molecular formula is C9H9BrN2O5. The van der Waals surface area contributed by atoms with Crippen molar-refractivity contribution in [3.8, 4) is 0 Å². The first-order valence-corrected chi connectivity index (χ1v) is 5.84. The average Bonchev–Trinajstić information content (AvgIpc) is 3.00. The first-order valence-electron chi connectivity index (χ1n) is 5.04. The van der Waals surface area contributed by atoms with Crippen LogP contribution in [0.25, 0.3) is 0 Å². The fourth-order valence-electron chi connectivity index (χ4n) is 2.02. The van der Waals surface area contributed by atoms with Crippen molar-refractivity contribution in [2.45, 2.75) is 24.5 Å². The van der Waals surface area contributed by atoms with Gasteiger partial charge in [0, 0.05) is 6.20 Å². The fraction of sp³-hybridized carbons (Fsp3) is 0.556. The lowest BCUT2D eigenvalue weighted by atomic mass is 10.2. The third-order valence-corrected chi connectivity index (χ3v) is 3.47. The van der Waals surface area contributed by atoms with Crippen molar-refractivity contribution in [2.24, 2.45) is 0 Å². The molecule has 1 aromatic rings. The molecule has 0 radical (unpaired) electrons. The lowest BCUT2D eigenvalue weighted by Crippen LogP contribution is -2.35. The van der Waals surface area contributed by atoms with Crippen LogP contribution >= 0.6 is 15.9 Å². The van der Waals surface area contributed by atoms with Crippen LogP contribution in [0.2, 0.25) is 0 Å². The molecule has 0 bridgehead atoms. The van der Waals surface area contributed by atoms with Gasteiger partial charge in [0.1, 0.15) is 18.3 Å². The smallest absolute Gasteiger partial charge is 0.330 e. The van der Waals surface area contributed by atoms with E-state index in [4.69, 9.17) is 14.6 Å². The number of aromatic nitrogens is 2. The minimum Gasteiger partial charge on any atom is -0.394 e. The van der Waals surface area contributed by atoms with Crippen LogP contribution in [0.4, 0.5) is 0 Å². The Bertz CT molecular complexity index is 567. The van der Waals surface area contributed by atoms with Gasteiger partial charge in [-0.3, -0.25) is 14.3 Å². The molecule has 17 heavy (non-hydrogen) atoms. The van der Waals surface area contributed by atoms with Crippen molar-refractivity contribution in [2.75, 3.05) is 6.61 Å². The Morgan fingerprint density at radius 1 is 1.41 bits per heavy atom. The number of aliphatic hydroxyl groups is 1. The van der Waals surface area contributed by atoms with E-state index in [1.165, 1.54) is 10.8 Å². The predicted octanol–water partition coefficient (Wildman–Crippen LogP) is -1.04. The summed E-state index contributed by atoms with van der Waals surface area (Å²) in [5, 5.41) is 9.04. The highest BCUT2D eigenvalue weighted by Crippen LogP contribution is 2.44. The molecule has 2 saturated heterocycles. The van der Waals surface area contributed by atoms with Crippen molar-refractivity contribution < 1.29 is 14.6 Å². The van der Waals surface area contributed by atoms with E-state index >= 15 is 0 Å². The molecule has 0 aromatic carbocycles. The highest BCUT2D eigenvalue weighted by molar-refractivity contribution is 9.10. The molecule has 0 amide bonds. The minimum atomic E-state index is -0.599. The van der Waals surface area contributed by atoms with Gasteiger partial charge >= 0.3 is 5.69 Å². The molecular weight excluding hydrogens is 296 g/mol. The Balaban J connectivity index is 1.98. The number of hydrogen-bond donors (Lipinski definition) is 2. The Kier molecular flexibility index (Phi) is 2.47. The van der Waals surface area contributed by atoms with Crippen LogP contribution < -0.4 is 11.2 Å². The van der Waals surface area contributed by atoms with E-state index in [1.54, 1.807) is 0 Å². The largest absolute Gasteiger partial charge is 0.394 e. The zero-order valence-corrected chi connectivity index (χ0v) is 10.1. The Labute approximate surface area is 103 Å². The highest BCUT2D eigenvalue weighted by Gasteiger charge is 2.58. The number of nitrogens with zero attached hydrogens (tertiary/aromatic N) is 1. The van der Waals surface area contributed by atoms with Crippen molar-refractivity contribution in [3.05, 3.63) is 31.5 Å². The lowest BCUT2D eigenvalue weighted by Gasteiger charge is -2.17. The summed E-state index contributed by atoms with van der Waals surface area (Å²) >= 11 is 3.04. The topological polar surface area (TPSA) is 96.9 Å². The molecule has 0 aliphatic carbocycles. The molecule has 2 N–H and O–H groups in total. The van der Waals surface area contributed by atoms with Crippen LogP contribution in [0.5, 0.6) is 0 Å². The lowest BCUT2D eigenvalue weighted by molar-refractivity contribution is -0.0857. The van der Waals surface area contributed by atoms with Crippen LogP contribution in [0.1, 0.15) is 6.23 Å². The average molecular weight is 305 g/mol. The van der Waals surface area contributed by atoms with Crippen molar-refractivity contribution in [1.82, 2.24) is 9.55 Å². The number of hydrogen-bond acceptors (Lipinski definition) is 5. The molecule has 8 heteroatoms. The van der Waals surface area contributed by atoms with Crippen molar-refractivity contribution in [3.63, 3.8) is 0 Å². The van der Waals surface area contributed by atoms with Crippen LogP contribution in [-0.4, -0.2) is 39.6 Å². The van der Waals surface area contributed by atoms with Crippen molar-refractivity contribution in [1.29, 1.82) is 0 Å². The highest BCUT2D eigenvalue weighted by atomic mass is 79.9. The molecule has 3 rings (SSSR count). The van der Waals surface area contributed by atoms with Crippen LogP contribution in [-0.2, 0) is 9.47 Å². The maximum Gasteiger partial charge on any atom is 0.330 e. The van der Waals surface area contributed by atoms with Gasteiger partial charge in [-0.25, -0.2) is 4.79 Å². The molecule has 4 atom stereocenters. The molecule has 0 saturated carbocycles. The van der Waals surface area contributed by atoms with Gasteiger partial charge in [-0.2, -0.15) is 0 Å². The summed E-state index contributed by atoms with van der Waals surface area (Å²) in [6.07, 6.45) is -0.0460. The van der Waals surface area contributed by atoms with Gasteiger partial charge in [-0.05, 0) is 15.9 Å². The molecule has 3 heterocycles. The number of H-pyrrole nitrogens is 1. The van der Waals surface area contributed by atoms with E-state index in [0.29, 0.717) is 0 Å². The molecule has 7 nitrogen and oxygen atoms in total. The number of ether oxygens (including phenoxy) is 2. The van der Waals surface area contributed by atoms with E-state index in [1.807, 2.05) is 0 Å². The standard InChI is InChI=1S/C9H9BrN2O5/c10-3-1-12(9(15)11-7(3)14)8-6-5(17-6)4(2-13)16-8/h1,4-6,8,13H,2H2,(H,11,14,15)/t4-,5-,6?,8-/m1/s1. The van der Waals surface area contributed by atoms with Crippen LogP contribution in [0, 0.1) is 0 Å². The van der Waals surface area contributed by atoms with Gasteiger partial charge in [0.2, 0.25) is 0 Å². The van der Waals surface area contributed by atoms with Gasteiger partial charge in [0.15, 0.2) is 6.23 Å². The monoisotopic (exact) mass is 304 g/mol. The Morgan fingerprint density at radius 2 is 2.18 bits per heavy atom. The summed E-state index contributed by atoms with van der Waals surface area (Å²) in [7, 11) is 0. The number of rotatable bonds is 2. The summed E-state index contributed by atoms with van der Waals surface area (Å²) in [4.78, 5) is 25.0. The number of epoxide rings is 1. The first kappa shape index (κ1) is 11.1. The minimum absolute atomic E-state index is 0.156. The van der Waals surface area contributed by atoms with Crippen LogP contribution in [0.3, 0.4) is 0 Å². The van der Waals surface area contributed by atoms with Crippen LogP contribution in [0.15, 0.2) is 20.3 Å². The number of aromatic amines is 1. The normalized spacial score (nSPS) is 34.7.